The highest BCUT2D eigenvalue weighted by Crippen LogP contribution is 2.27. The van der Waals surface area contributed by atoms with Crippen molar-refractivity contribution < 1.29 is 19.0 Å². The molecule has 1 fully saturated rings. The summed E-state index contributed by atoms with van der Waals surface area (Å²) in [5.74, 6) is -0.419. The van der Waals surface area contributed by atoms with Crippen molar-refractivity contribution in [1.29, 1.82) is 0 Å². The van der Waals surface area contributed by atoms with Gasteiger partial charge in [-0.25, -0.2) is 4.79 Å². The van der Waals surface area contributed by atoms with E-state index in [1.54, 1.807) is 31.4 Å². The smallest absolute Gasteiger partial charge is 0.338 e. The standard InChI is InChI=1S/C14H17N3O4/c1-19-13-7-11(8-16-17-15)12(21-13)9-20-14(18)10-5-3-2-4-6-10/h2-6,11-13H,7-9H2,1H3/t11-,12-,13?/m1/s1. The number of benzene rings is 1. The van der Waals surface area contributed by atoms with Crippen LogP contribution in [0.2, 0.25) is 0 Å². The number of hydrogen-bond acceptors (Lipinski definition) is 5. The number of rotatable bonds is 6. The van der Waals surface area contributed by atoms with Gasteiger partial charge in [-0.3, -0.25) is 0 Å². The van der Waals surface area contributed by atoms with E-state index in [-0.39, 0.29) is 24.9 Å². The average molecular weight is 291 g/mol. The van der Waals surface area contributed by atoms with Crippen LogP contribution in [0.4, 0.5) is 0 Å². The number of nitrogens with zero attached hydrogens (tertiary/aromatic N) is 3. The Bertz CT molecular complexity index is 516. The van der Waals surface area contributed by atoms with Crippen molar-refractivity contribution in [1.82, 2.24) is 0 Å². The molecule has 0 saturated carbocycles. The van der Waals surface area contributed by atoms with Gasteiger partial charge < -0.3 is 14.2 Å². The molecule has 1 aliphatic heterocycles. The third-order valence-electron chi connectivity index (χ3n) is 3.38. The molecule has 0 radical (unpaired) electrons. The van der Waals surface area contributed by atoms with Gasteiger partial charge in [0.15, 0.2) is 6.29 Å². The minimum absolute atomic E-state index is 0.0191. The molecule has 0 bridgehead atoms. The second-order valence-electron chi connectivity index (χ2n) is 4.71. The monoisotopic (exact) mass is 291 g/mol. The summed E-state index contributed by atoms with van der Waals surface area (Å²) in [6.07, 6.45) is -0.0688. The van der Waals surface area contributed by atoms with Crippen LogP contribution in [0.15, 0.2) is 35.4 Å². The zero-order valence-corrected chi connectivity index (χ0v) is 11.7. The molecule has 3 atom stereocenters. The zero-order valence-electron chi connectivity index (χ0n) is 11.7. The highest BCUT2D eigenvalue weighted by atomic mass is 16.7. The summed E-state index contributed by atoms with van der Waals surface area (Å²) in [7, 11) is 1.55. The maximum atomic E-state index is 11.9. The van der Waals surface area contributed by atoms with Crippen molar-refractivity contribution in [3.05, 3.63) is 46.3 Å². The first-order valence-corrected chi connectivity index (χ1v) is 6.66. The molecule has 1 aromatic carbocycles. The van der Waals surface area contributed by atoms with Crippen LogP contribution in [0.3, 0.4) is 0 Å². The van der Waals surface area contributed by atoms with Gasteiger partial charge in [-0.15, -0.1) is 0 Å². The molecule has 0 amide bonds. The molecule has 1 unspecified atom stereocenters. The average Bonchev–Trinajstić information content (AvgIpc) is 2.93. The summed E-state index contributed by atoms with van der Waals surface area (Å²) in [5.41, 5.74) is 8.89. The molecule has 0 N–H and O–H groups in total. The maximum Gasteiger partial charge on any atom is 0.338 e. The SMILES string of the molecule is COC1C[C@H](CN=[N+]=[N-])[C@@H](COC(=O)c2ccccc2)O1. The molecule has 7 nitrogen and oxygen atoms in total. The van der Waals surface area contributed by atoms with E-state index in [0.29, 0.717) is 18.5 Å². The fraction of sp³-hybridized carbons (Fsp3) is 0.500. The van der Waals surface area contributed by atoms with Gasteiger partial charge in [-0.1, -0.05) is 23.3 Å². The minimum atomic E-state index is -0.400. The largest absolute Gasteiger partial charge is 0.459 e. The van der Waals surface area contributed by atoms with Crippen LogP contribution in [0.5, 0.6) is 0 Å². The summed E-state index contributed by atoms with van der Waals surface area (Å²) in [6.45, 7) is 0.406. The van der Waals surface area contributed by atoms with Crippen LogP contribution >= 0.6 is 0 Å². The Kier molecular flexibility index (Phi) is 5.57. The third kappa shape index (κ3) is 4.19. The lowest BCUT2D eigenvalue weighted by molar-refractivity contribution is -0.125. The van der Waals surface area contributed by atoms with Gasteiger partial charge in [0, 0.05) is 25.0 Å². The Morgan fingerprint density at radius 2 is 2.24 bits per heavy atom. The van der Waals surface area contributed by atoms with Crippen molar-refractivity contribution in [3.8, 4) is 0 Å². The molecule has 21 heavy (non-hydrogen) atoms. The van der Waals surface area contributed by atoms with Crippen LogP contribution in [0.25, 0.3) is 10.4 Å². The summed E-state index contributed by atoms with van der Waals surface area (Å²) < 4.78 is 16.0. The molecular weight excluding hydrogens is 274 g/mol. The Morgan fingerprint density at radius 3 is 2.90 bits per heavy atom. The quantitative estimate of drug-likeness (QED) is 0.348. The summed E-state index contributed by atoms with van der Waals surface area (Å²) in [5, 5.41) is 3.56. The lowest BCUT2D eigenvalue weighted by Crippen LogP contribution is -2.26. The van der Waals surface area contributed by atoms with E-state index in [4.69, 9.17) is 19.7 Å². The van der Waals surface area contributed by atoms with Gasteiger partial charge in [-0.05, 0) is 23.6 Å². The molecule has 0 spiro atoms. The number of carbonyl (C=O) groups is 1. The van der Waals surface area contributed by atoms with Crippen LogP contribution in [-0.2, 0) is 14.2 Å². The van der Waals surface area contributed by atoms with Crippen molar-refractivity contribution in [3.63, 3.8) is 0 Å². The number of methoxy groups -OCH3 is 1. The summed E-state index contributed by atoms with van der Waals surface area (Å²) in [4.78, 5) is 14.6. The highest BCUT2D eigenvalue weighted by molar-refractivity contribution is 5.89. The number of esters is 1. The van der Waals surface area contributed by atoms with Gasteiger partial charge in [0.2, 0.25) is 0 Å². The second-order valence-corrected chi connectivity index (χ2v) is 4.71. The molecule has 7 heteroatoms. The lowest BCUT2D eigenvalue weighted by atomic mass is 10.0. The van der Waals surface area contributed by atoms with Gasteiger partial charge in [0.25, 0.3) is 0 Å². The Balaban J connectivity index is 1.90. The number of carbonyl (C=O) groups excluding carboxylic acids is 1. The van der Waals surface area contributed by atoms with Gasteiger partial charge in [0.05, 0.1) is 11.7 Å². The predicted octanol–water partition coefficient (Wildman–Crippen LogP) is 2.53. The van der Waals surface area contributed by atoms with Crippen molar-refractivity contribution in [2.45, 2.75) is 18.8 Å². The molecule has 1 heterocycles. The first-order chi connectivity index (χ1) is 10.2. The molecule has 2 rings (SSSR count). The van der Waals surface area contributed by atoms with Gasteiger partial charge >= 0.3 is 5.97 Å². The molecule has 1 saturated heterocycles. The lowest BCUT2D eigenvalue weighted by Gasteiger charge is -2.16. The molecule has 0 aromatic heterocycles. The van der Waals surface area contributed by atoms with Crippen LogP contribution in [0.1, 0.15) is 16.8 Å². The normalized spacial score (nSPS) is 24.3. The molecular formula is C14H17N3O4. The predicted molar refractivity (Wildman–Crippen MR) is 74.5 cm³/mol. The highest BCUT2D eigenvalue weighted by Gasteiger charge is 2.35. The summed E-state index contributed by atoms with van der Waals surface area (Å²) >= 11 is 0. The maximum absolute atomic E-state index is 11.9. The van der Waals surface area contributed by atoms with Crippen molar-refractivity contribution in [2.75, 3.05) is 20.3 Å². The fourth-order valence-electron chi connectivity index (χ4n) is 2.24. The second kappa shape index (κ2) is 7.64. The van der Waals surface area contributed by atoms with E-state index in [9.17, 15) is 4.79 Å². The first kappa shape index (κ1) is 15.3. The van der Waals surface area contributed by atoms with Crippen molar-refractivity contribution in [2.24, 2.45) is 11.0 Å². The number of azide groups is 1. The molecule has 0 aliphatic carbocycles. The third-order valence-corrected chi connectivity index (χ3v) is 3.38. The Labute approximate surface area is 122 Å². The van der Waals surface area contributed by atoms with E-state index in [1.807, 2.05) is 6.07 Å². The van der Waals surface area contributed by atoms with E-state index in [1.165, 1.54) is 0 Å². The van der Waals surface area contributed by atoms with E-state index in [0.717, 1.165) is 0 Å². The van der Waals surface area contributed by atoms with Crippen LogP contribution in [-0.4, -0.2) is 38.6 Å². The van der Waals surface area contributed by atoms with Crippen molar-refractivity contribution >= 4 is 5.97 Å². The summed E-state index contributed by atoms with van der Waals surface area (Å²) in [6, 6.07) is 8.75. The Hall–Kier alpha value is -2.08. The van der Waals surface area contributed by atoms with Gasteiger partial charge in [0.1, 0.15) is 6.61 Å². The Morgan fingerprint density at radius 1 is 1.48 bits per heavy atom. The zero-order chi connectivity index (χ0) is 15.1. The minimum Gasteiger partial charge on any atom is -0.459 e. The number of ether oxygens (including phenoxy) is 3. The van der Waals surface area contributed by atoms with Crippen LogP contribution in [0, 0.1) is 5.92 Å². The number of hydrogen-bond donors (Lipinski definition) is 0. The van der Waals surface area contributed by atoms with E-state index >= 15 is 0 Å². The van der Waals surface area contributed by atoms with E-state index in [2.05, 4.69) is 10.0 Å². The van der Waals surface area contributed by atoms with Gasteiger partial charge in [-0.2, -0.15) is 0 Å². The molecule has 1 aromatic rings. The molecule has 112 valence electrons. The van der Waals surface area contributed by atoms with Crippen LogP contribution < -0.4 is 0 Å². The molecule has 1 aliphatic rings. The fourth-order valence-corrected chi connectivity index (χ4v) is 2.24. The first-order valence-electron chi connectivity index (χ1n) is 6.66. The topological polar surface area (TPSA) is 93.5 Å². The van der Waals surface area contributed by atoms with E-state index < -0.39 is 5.97 Å².